The number of thioether (sulfide) groups is 1. The van der Waals surface area contributed by atoms with E-state index in [2.05, 4.69) is 11.7 Å². The van der Waals surface area contributed by atoms with Gasteiger partial charge in [-0.1, -0.05) is 37.2 Å². The van der Waals surface area contributed by atoms with Gasteiger partial charge in [0.15, 0.2) is 5.16 Å². The van der Waals surface area contributed by atoms with Gasteiger partial charge in [-0.3, -0.25) is 9.36 Å². The molecule has 1 atom stereocenters. The fourth-order valence-corrected chi connectivity index (χ4v) is 3.76. The van der Waals surface area contributed by atoms with Gasteiger partial charge in [-0.05, 0) is 37.6 Å². The Kier molecular flexibility index (Phi) is 6.01. The van der Waals surface area contributed by atoms with Crippen molar-refractivity contribution in [2.75, 3.05) is 7.11 Å². The summed E-state index contributed by atoms with van der Waals surface area (Å²) in [6, 6.07) is 10.7. The van der Waals surface area contributed by atoms with Gasteiger partial charge in [0.1, 0.15) is 5.76 Å². The van der Waals surface area contributed by atoms with E-state index in [0.717, 1.165) is 12.8 Å². The number of esters is 1. The Bertz CT molecular complexity index is 1010. The smallest absolute Gasteiger partial charge is 0.373 e. The molecule has 27 heavy (non-hydrogen) atoms. The van der Waals surface area contributed by atoms with E-state index in [1.807, 2.05) is 25.1 Å². The number of hydrogen-bond acceptors (Lipinski definition) is 6. The van der Waals surface area contributed by atoms with Crippen molar-refractivity contribution >= 4 is 28.6 Å². The Balaban J connectivity index is 1.96. The number of benzene rings is 1. The Morgan fingerprint density at radius 3 is 2.81 bits per heavy atom. The van der Waals surface area contributed by atoms with Crippen molar-refractivity contribution in [2.45, 2.75) is 43.6 Å². The van der Waals surface area contributed by atoms with E-state index in [0.29, 0.717) is 28.4 Å². The molecule has 0 N–H and O–H groups in total. The molecule has 3 rings (SSSR count). The molecular weight excluding hydrogens is 364 g/mol. The molecule has 0 saturated carbocycles. The van der Waals surface area contributed by atoms with Crippen molar-refractivity contribution in [1.82, 2.24) is 9.55 Å². The number of fused-ring (bicyclic) bond motifs is 1. The van der Waals surface area contributed by atoms with E-state index >= 15 is 0 Å². The van der Waals surface area contributed by atoms with Gasteiger partial charge in [-0.15, -0.1) is 0 Å². The zero-order chi connectivity index (χ0) is 19.4. The molecule has 7 heteroatoms. The van der Waals surface area contributed by atoms with Crippen LogP contribution < -0.4 is 5.56 Å². The topological polar surface area (TPSA) is 74.3 Å². The number of para-hydroxylation sites is 1. The van der Waals surface area contributed by atoms with Crippen LogP contribution in [0.1, 0.15) is 48.3 Å². The van der Waals surface area contributed by atoms with Gasteiger partial charge in [0.25, 0.3) is 5.56 Å². The van der Waals surface area contributed by atoms with Gasteiger partial charge in [0.05, 0.1) is 23.3 Å². The normalized spacial score (nSPS) is 12.3. The minimum Gasteiger partial charge on any atom is -0.463 e. The zero-order valence-corrected chi connectivity index (χ0v) is 16.4. The van der Waals surface area contributed by atoms with Crippen molar-refractivity contribution in [1.29, 1.82) is 0 Å². The minimum atomic E-state index is -0.512. The summed E-state index contributed by atoms with van der Waals surface area (Å²) in [4.78, 5) is 29.2. The Morgan fingerprint density at radius 1 is 1.30 bits per heavy atom. The predicted octanol–water partition coefficient (Wildman–Crippen LogP) is 4.43. The van der Waals surface area contributed by atoms with Crippen LogP contribution in [0, 0.1) is 0 Å². The average Bonchev–Trinajstić information content (AvgIpc) is 3.17. The largest absolute Gasteiger partial charge is 0.463 e. The van der Waals surface area contributed by atoms with Crippen molar-refractivity contribution in [3.05, 3.63) is 58.3 Å². The summed E-state index contributed by atoms with van der Waals surface area (Å²) in [5.41, 5.74) is 0.651. The number of ether oxygens (including phenoxy) is 1. The lowest BCUT2D eigenvalue weighted by Gasteiger charge is -2.15. The van der Waals surface area contributed by atoms with E-state index in [1.165, 1.54) is 18.9 Å². The van der Waals surface area contributed by atoms with E-state index in [-0.39, 0.29) is 16.6 Å². The van der Waals surface area contributed by atoms with Crippen LogP contribution in [0.4, 0.5) is 0 Å². The lowest BCUT2D eigenvalue weighted by atomic mass is 10.2. The third-order valence-corrected chi connectivity index (χ3v) is 5.37. The third-order valence-electron chi connectivity index (χ3n) is 4.26. The molecule has 0 radical (unpaired) electrons. The molecule has 2 heterocycles. The van der Waals surface area contributed by atoms with Crippen LogP contribution in [0.2, 0.25) is 0 Å². The summed E-state index contributed by atoms with van der Waals surface area (Å²) in [5, 5.41) is 1.15. The number of carbonyl (C=O) groups is 1. The molecule has 0 saturated heterocycles. The lowest BCUT2D eigenvalue weighted by molar-refractivity contribution is 0.0563. The quantitative estimate of drug-likeness (QED) is 0.340. The van der Waals surface area contributed by atoms with Gasteiger partial charge in [-0.25, -0.2) is 9.78 Å². The van der Waals surface area contributed by atoms with Crippen LogP contribution in [0.15, 0.2) is 50.8 Å². The number of nitrogens with zero attached hydrogens (tertiary/aromatic N) is 2. The molecule has 0 aliphatic rings. The number of rotatable bonds is 7. The Labute approximate surface area is 161 Å². The number of carbonyl (C=O) groups excluding carboxylic acids is 1. The minimum absolute atomic E-state index is 0.0292. The van der Waals surface area contributed by atoms with Crippen molar-refractivity contribution in [3.63, 3.8) is 0 Å². The van der Waals surface area contributed by atoms with Crippen LogP contribution in [0.25, 0.3) is 10.9 Å². The summed E-state index contributed by atoms with van der Waals surface area (Å²) < 4.78 is 12.0. The maximum Gasteiger partial charge on any atom is 0.373 e. The highest BCUT2D eigenvalue weighted by Crippen LogP contribution is 2.35. The molecular formula is C20H22N2O4S. The van der Waals surface area contributed by atoms with Crippen LogP contribution in [-0.4, -0.2) is 22.6 Å². The Hall–Kier alpha value is -2.54. The van der Waals surface area contributed by atoms with E-state index in [1.54, 1.807) is 22.8 Å². The van der Waals surface area contributed by atoms with Gasteiger partial charge in [-0.2, -0.15) is 0 Å². The van der Waals surface area contributed by atoms with Crippen LogP contribution in [0.5, 0.6) is 0 Å². The van der Waals surface area contributed by atoms with E-state index < -0.39 is 5.97 Å². The standard InChI is InChI=1S/C20H22N2O4S/c1-4-5-12-22-18(23)14-8-6-7-9-15(14)21-20(22)27-13(2)16-10-11-17(26-16)19(24)25-3/h6-11,13H,4-5,12H2,1-3H3. The fraction of sp³-hybridized carbons (Fsp3) is 0.350. The molecule has 0 aliphatic carbocycles. The van der Waals surface area contributed by atoms with Crippen LogP contribution in [-0.2, 0) is 11.3 Å². The van der Waals surface area contributed by atoms with Crippen LogP contribution >= 0.6 is 11.8 Å². The fourth-order valence-electron chi connectivity index (χ4n) is 2.75. The molecule has 0 aliphatic heterocycles. The molecule has 0 bridgehead atoms. The van der Waals surface area contributed by atoms with Crippen molar-refractivity contribution in [2.24, 2.45) is 0 Å². The maximum atomic E-state index is 12.9. The number of methoxy groups -OCH3 is 1. The number of hydrogen-bond donors (Lipinski definition) is 0. The predicted molar refractivity (Wildman–Crippen MR) is 105 cm³/mol. The second-order valence-electron chi connectivity index (χ2n) is 6.18. The molecule has 1 aromatic carbocycles. The van der Waals surface area contributed by atoms with Crippen molar-refractivity contribution in [3.8, 4) is 0 Å². The second kappa shape index (κ2) is 8.43. The highest BCUT2D eigenvalue weighted by atomic mass is 32.2. The molecule has 2 aromatic heterocycles. The molecule has 142 valence electrons. The first-order chi connectivity index (χ1) is 13.0. The zero-order valence-electron chi connectivity index (χ0n) is 15.6. The first-order valence-electron chi connectivity index (χ1n) is 8.89. The van der Waals surface area contributed by atoms with E-state index in [4.69, 9.17) is 9.40 Å². The van der Waals surface area contributed by atoms with Gasteiger partial charge < -0.3 is 9.15 Å². The number of aromatic nitrogens is 2. The lowest BCUT2D eigenvalue weighted by Crippen LogP contribution is -2.23. The number of furan rings is 1. The average molecular weight is 386 g/mol. The highest BCUT2D eigenvalue weighted by molar-refractivity contribution is 7.99. The first-order valence-corrected chi connectivity index (χ1v) is 9.77. The SMILES string of the molecule is CCCCn1c(SC(C)c2ccc(C(=O)OC)o2)nc2ccccc2c1=O. The summed E-state index contributed by atoms with van der Waals surface area (Å²) in [6.07, 6.45) is 1.88. The number of unbranched alkanes of at least 4 members (excludes halogenated alkanes) is 1. The molecule has 0 spiro atoms. The molecule has 0 fully saturated rings. The third kappa shape index (κ3) is 4.08. The van der Waals surface area contributed by atoms with Crippen LogP contribution in [0.3, 0.4) is 0 Å². The summed E-state index contributed by atoms with van der Waals surface area (Å²) >= 11 is 1.44. The highest BCUT2D eigenvalue weighted by Gasteiger charge is 2.19. The summed E-state index contributed by atoms with van der Waals surface area (Å²) in [7, 11) is 1.31. The van der Waals surface area contributed by atoms with E-state index in [9.17, 15) is 9.59 Å². The van der Waals surface area contributed by atoms with Gasteiger partial charge in [0, 0.05) is 6.54 Å². The molecule has 6 nitrogen and oxygen atoms in total. The molecule has 3 aromatic rings. The second-order valence-corrected chi connectivity index (χ2v) is 7.48. The summed E-state index contributed by atoms with van der Waals surface area (Å²) in [5.74, 6) is 0.279. The maximum absolute atomic E-state index is 12.9. The summed E-state index contributed by atoms with van der Waals surface area (Å²) in [6.45, 7) is 4.66. The molecule has 1 unspecified atom stereocenters. The van der Waals surface area contributed by atoms with Gasteiger partial charge >= 0.3 is 5.97 Å². The van der Waals surface area contributed by atoms with Crippen molar-refractivity contribution < 1.29 is 13.9 Å². The Morgan fingerprint density at radius 2 is 2.07 bits per heavy atom. The molecule has 0 amide bonds. The van der Waals surface area contributed by atoms with Gasteiger partial charge in [0.2, 0.25) is 5.76 Å². The first kappa shape index (κ1) is 19.2. The monoisotopic (exact) mass is 386 g/mol.